The van der Waals surface area contributed by atoms with Crippen LogP contribution in [0.2, 0.25) is 0 Å². The van der Waals surface area contributed by atoms with Crippen LogP contribution in [0.15, 0.2) is 48.1 Å². The highest BCUT2D eigenvalue weighted by Crippen LogP contribution is 2.35. The number of hydrogen-bond donors (Lipinski definition) is 0. The van der Waals surface area contributed by atoms with Gasteiger partial charge in [0.2, 0.25) is 0 Å². The molecule has 1 aromatic carbocycles. The molecule has 0 nitrogen and oxygen atoms in total. The molecule has 0 heterocycles. The van der Waals surface area contributed by atoms with E-state index in [1.54, 1.807) is 0 Å². The summed E-state index contributed by atoms with van der Waals surface area (Å²) in [5.41, 5.74) is 8.83. The average molecular weight is 268 g/mol. The molecule has 20 heavy (non-hydrogen) atoms. The second-order valence-corrected chi connectivity index (χ2v) is 6.79. The van der Waals surface area contributed by atoms with Crippen molar-refractivity contribution in [3.8, 4) is 0 Å². The summed E-state index contributed by atoms with van der Waals surface area (Å²) >= 11 is 0. The van der Waals surface area contributed by atoms with Gasteiger partial charge in [0.05, 0.1) is 0 Å². The minimum Gasteiger partial charge on any atom is -0.0958 e. The maximum Gasteiger partial charge on any atom is -0.0126 e. The molecule has 0 spiro atoms. The summed E-state index contributed by atoms with van der Waals surface area (Å²) in [5.74, 6) is 0. The van der Waals surface area contributed by atoms with E-state index in [0.29, 0.717) is 0 Å². The molecule has 0 radical (unpaired) electrons. The first-order valence-electron chi connectivity index (χ1n) is 7.20. The zero-order valence-corrected chi connectivity index (χ0v) is 14.1. The smallest absolute Gasteiger partial charge is 0.0126 e. The van der Waals surface area contributed by atoms with Crippen molar-refractivity contribution in [3.05, 3.63) is 64.8 Å². The van der Waals surface area contributed by atoms with E-state index in [-0.39, 0.29) is 5.41 Å². The second-order valence-electron chi connectivity index (χ2n) is 6.79. The Kier molecular flexibility index (Phi) is 4.81. The van der Waals surface area contributed by atoms with Crippen LogP contribution in [-0.2, 0) is 5.41 Å². The van der Waals surface area contributed by atoms with Crippen LogP contribution in [0.5, 0.6) is 0 Å². The Morgan fingerprint density at radius 3 is 1.90 bits per heavy atom. The Bertz CT molecular complexity index is 575. The lowest BCUT2D eigenvalue weighted by Gasteiger charge is -2.25. The average Bonchev–Trinajstić information content (AvgIpc) is 2.29. The van der Waals surface area contributed by atoms with Gasteiger partial charge in [0.1, 0.15) is 0 Å². The topological polar surface area (TPSA) is 0 Å². The molecule has 0 aliphatic heterocycles. The monoisotopic (exact) mass is 268 g/mol. The SMILES string of the molecule is C=C(C)/C(C)=C(/C(=C)C)c1cccc(C(C)(C)C)c1C. The molecule has 0 N–H and O–H groups in total. The lowest BCUT2D eigenvalue weighted by atomic mass is 9.80. The molecular formula is C20H28. The van der Waals surface area contributed by atoms with Gasteiger partial charge in [0, 0.05) is 0 Å². The summed E-state index contributed by atoms with van der Waals surface area (Å²) < 4.78 is 0. The van der Waals surface area contributed by atoms with Gasteiger partial charge in [-0.1, -0.05) is 63.3 Å². The van der Waals surface area contributed by atoms with E-state index in [1.807, 2.05) is 0 Å². The van der Waals surface area contributed by atoms with Crippen molar-refractivity contribution in [2.24, 2.45) is 0 Å². The van der Waals surface area contributed by atoms with Crippen LogP contribution >= 0.6 is 0 Å². The molecule has 0 aromatic heterocycles. The first kappa shape index (κ1) is 16.5. The summed E-state index contributed by atoms with van der Waals surface area (Å²) in [6.45, 7) is 23.5. The van der Waals surface area contributed by atoms with Gasteiger partial charge in [-0.05, 0) is 60.9 Å². The normalized spacial score (nSPS) is 12.9. The molecule has 0 heteroatoms. The minimum absolute atomic E-state index is 0.150. The van der Waals surface area contributed by atoms with Gasteiger partial charge in [-0.25, -0.2) is 0 Å². The molecule has 1 rings (SSSR count). The highest BCUT2D eigenvalue weighted by atomic mass is 14.2. The van der Waals surface area contributed by atoms with Gasteiger partial charge in [-0.3, -0.25) is 0 Å². The van der Waals surface area contributed by atoms with Gasteiger partial charge >= 0.3 is 0 Å². The summed E-state index contributed by atoms with van der Waals surface area (Å²) in [6.07, 6.45) is 0. The zero-order chi connectivity index (χ0) is 15.7. The van der Waals surface area contributed by atoms with Crippen molar-refractivity contribution in [1.29, 1.82) is 0 Å². The van der Waals surface area contributed by atoms with Crippen molar-refractivity contribution in [2.45, 2.75) is 53.9 Å². The third-order valence-electron chi connectivity index (χ3n) is 3.85. The second kappa shape index (κ2) is 5.83. The van der Waals surface area contributed by atoms with Crippen LogP contribution in [-0.4, -0.2) is 0 Å². The molecule has 0 unspecified atom stereocenters. The lowest BCUT2D eigenvalue weighted by molar-refractivity contribution is 0.586. The van der Waals surface area contributed by atoms with Crippen molar-refractivity contribution >= 4 is 5.57 Å². The van der Waals surface area contributed by atoms with Crippen LogP contribution in [0.1, 0.15) is 58.2 Å². The predicted molar refractivity (Wildman–Crippen MR) is 92.1 cm³/mol. The number of hydrogen-bond acceptors (Lipinski definition) is 0. The van der Waals surface area contributed by atoms with Crippen molar-refractivity contribution in [3.63, 3.8) is 0 Å². The molecule has 0 aliphatic rings. The van der Waals surface area contributed by atoms with Gasteiger partial charge in [-0.2, -0.15) is 0 Å². The first-order valence-corrected chi connectivity index (χ1v) is 7.20. The highest BCUT2D eigenvalue weighted by Gasteiger charge is 2.19. The van der Waals surface area contributed by atoms with E-state index in [4.69, 9.17) is 0 Å². The standard InChI is InChI=1S/C20H28/c1-13(2)15(5)19(14(3)4)17-11-10-12-18(16(17)6)20(7,8)9/h10-12H,1,3H2,2,4-9H3/b19-15-. The van der Waals surface area contributed by atoms with E-state index in [2.05, 4.69) is 79.8 Å². The Hall–Kier alpha value is -1.56. The maximum absolute atomic E-state index is 4.17. The van der Waals surface area contributed by atoms with Crippen LogP contribution in [0.4, 0.5) is 0 Å². The molecule has 0 aliphatic carbocycles. The molecule has 0 fully saturated rings. The van der Waals surface area contributed by atoms with E-state index in [9.17, 15) is 0 Å². The molecule has 0 bridgehead atoms. The lowest BCUT2D eigenvalue weighted by Crippen LogP contribution is -2.14. The molecular weight excluding hydrogens is 240 g/mol. The number of rotatable bonds is 3. The highest BCUT2D eigenvalue weighted by molar-refractivity contribution is 5.84. The number of benzene rings is 1. The van der Waals surface area contributed by atoms with E-state index < -0.39 is 0 Å². The maximum atomic E-state index is 4.17. The fourth-order valence-corrected chi connectivity index (χ4v) is 2.68. The summed E-state index contributed by atoms with van der Waals surface area (Å²) in [4.78, 5) is 0. The van der Waals surface area contributed by atoms with Gasteiger partial charge < -0.3 is 0 Å². The van der Waals surface area contributed by atoms with Crippen LogP contribution < -0.4 is 0 Å². The van der Waals surface area contributed by atoms with Crippen LogP contribution in [0.25, 0.3) is 5.57 Å². The molecule has 0 saturated heterocycles. The Morgan fingerprint density at radius 2 is 1.50 bits per heavy atom. The van der Waals surface area contributed by atoms with Gasteiger partial charge in [-0.15, -0.1) is 0 Å². The van der Waals surface area contributed by atoms with Crippen molar-refractivity contribution in [1.82, 2.24) is 0 Å². The predicted octanol–water partition coefficient (Wildman–Crippen LogP) is 6.22. The van der Waals surface area contributed by atoms with Crippen LogP contribution in [0, 0.1) is 6.92 Å². The fraction of sp³-hybridized carbons (Fsp3) is 0.400. The number of allylic oxidation sites excluding steroid dienone is 4. The summed E-state index contributed by atoms with van der Waals surface area (Å²) in [5, 5.41) is 0. The Balaban J connectivity index is 3.65. The van der Waals surface area contributed by atoms with E-state index >= 15 is 0 Å². The third kappa shape index (κ3) is 3.30. The zero-order valence-electron chi connectivity index (χ0n) is 14.1. The minimum atomic E-state index is 0.150. The van der Waals surface area contributed by atoms with Crippen molar-refractivity contribution < 1.29 is 0 Å². The van der Waals surface area contributed by atoms with Gasteiger partial charge in [0.25, 0.3) is 0 Å². The van der Waals surface area contributed by atoms with Crippen molar-refractivity contribution in [2.75, 3.05) is 0 Å². The Morgan fingerprint density at radius 1 is 0.950 bits per heavy atom. The van der Waals surface area contributed by atoms with E-state index in [0.717, 1.165) is 11.1 Å². The third-order valence-corrected chi connectivity index (χ3v) is 3.85. The molecule has 108 valence electrons. The largest absolute Gasteiger partial charge is 0.0958 e. The Labute approximate surface area is 124 Å². The fourth-order valence-electron chi connectivity index (χ4n) is 2.68. The quantitative estimate of drug-likeness (QED) is 0.571. The van der Waals surface area contributed by atoms with Crippen LogP contribution in [0.3, 0.4) is 0 Å². The summed E-state index contributed by atoms with van der Waals surface area (Å²) in [6, 6.07) is 6.57. The molecule has 0 amide bonds. The first-order chi connectivity index (χ1) is 9.07. The van der Waals surface area contributed by atoms with E-state index in [1.165, 1.54) is 27.8 Å². The molecule has 0 atom stereocenters. The molecule has 0 saturated carbocycles. The summed E-state index contributed by atoms with van der Waals surface area (Å²) in [7, 11) is 0. The van der Waals surface area contributed by atoms with Gasteiger partial charge in [0.15, 0.2) is 0 Å². The molecule has 1 aromatic rings.